The van der Waals surface area contributed by atoms with Crippen LogP contribution in [-0.2, 0) is 0 Å². The Morgan fingerprint density at radius 3 is 2.27 bits per heavy atom. The number of fused-ring (bicyclic) bond motifs is 4. The van der Waals surface area contributed by atoms with E-state index in [0.717, 1.165) is 48.9 Å². The van der Waals surface area contributed by atoms with Crippen LogP contribution in [0.15, 0.2) is 0 Å². The fourth-order valence-electron chi connectivity index (χ4n) is 10.2. The molecule has 0 bridgehead atoms. The van der Waals surface area contributed by atoms with Crippen molar-refractivity contribution in [2.45, 2.75) is 91.3 Å². The second kappa shape index (κ2) is 5.72. The summed E-state index contributed by atoms with van der Waals surface area (Å²) >= 11 is 0. The van der Waals surface area contributed by atoms with Crippen LogP contribution >= 0.6 is 0 Å². The maximum absolute atomic E-state index is 11.7. The molecule has 5 saturated carbocycles. The van der Waals surface area contributed by atoms with Crippen molar-refractivity contribution in [1.29, 1.82) is 0 Å². The molecule has 0 aromatic carbocycles. The minimum Gasteiger partial charge on any atom is -0.393 e. The van der Waals surface area contributed by atoms with Crippen LogP contribution in [0.1, 0.15) is 79.1 Å². The number of aliphatic hydroxyl groups is 2. The summed E-state index contributed by atoms with van der Waals surface area (Å²) in [6, 6.07) is 0. The molecule has 0 aliphatic heterocycles. The maximum Gasteiger partial charge on any atom is 0.0607 e. The van der Waals surface area contributed by atoms with Crippen LogP contribution in [-0.4, -0.2) is 22.4 Å². The lowest BCUT2D eigenvalue weighted by Crippen LogP contribution is -2.61. The first-order valence-electron chi connectivity index (χ1n) is 11.7. The van der Waals surface area contributed by atoms with Crippen LogP contribution < -0.4 is 0 Å². The number of hydrogen-bond donors (Lipinski definition) is 2. The van der Waals surface area contributed by atoms with Crippen molar-refractivity contribution >= 4 is 0 Å². The molecule has 0 radical (unpaired) electrons. The summed E-state index contributed by atoms with van der Waals surface area (Å²) in [5.41, 5.74) is 0.580. The third-order valence-electron chi connectivity index (χ3n) is 11.0. The van der Waals surface area contributed by atoms with Crippen molar-refractivity contribution in [3.05, 3.63) is 0 Å². The Bertz CT molecular complexity index is 575. The van der Waals surface area contributed by atoms with Gasteiger partial charge in [0.25, 0.3) is 0 Å². The van der Waals surface area contributed by atoms with Crippen LogP contribution in [0.4, 0.5) is 0 Å². The van der Waals surface area contributed by atoms with Crippen molar-refractivity contribution in [3.8, 4) is 0 Å². The fraction of sp³-hybridized carbons (Fsp3) is 1.00. The smallest absolute Gasteiger partial charge is 0.0607 e. The van der Waals surface area contributed by atoms with Crippen LogP contribution in [0.5, 0.6) is 0 Å². The Hall–Kier alpha value is -0.0800. The molecule has 148 valence electrons. The highest BCUT2D eigenvalue weighted by Crippen LogP contribution is 2.73. The van der Waals surface area contributed by atoms with Gasteiger partial charge in [-0.15, -0.1) is 0 Å². The molecule has 0 aromatic heterocycles. The van der Waals surface area contributed by atoms with Gasteiger partial charge in [-0.05, 0) is 104 Å². The van der Waals surface area contributed by atoms with Crippen molar-refractivity contribution in [1.82, 2.24) is 0 Å². The SMILES string of the molecule is CC1CC2CC(O)CCC2(C)C2CC(O)C34C(C)CC(C)C3CCC4C12. The molecule has 5 aliphatic carbocycles. The van der Waals surface area contributed by atoms with Crippen molar-refractivity contribution in [2.24, 2.45) is 58.2 Å². The summed E-state index contributed by atoms with van der Waals surface area (Å²) in [5.74, 6) is 5.93. The van der Waals surface area contributed by atoms with E-state index in [1.807, 2.05) is 0 Å². The summed E-state index contributed by atoms with van der Waals surface area (Å²) in [4.78, 5) is 0. The fourth-order valence-corrected chi connectivity index (χ4v) is 10.2. The molecular weight excluding hydrogens is 320 g/mol. The Balaban J connectivity index is 1.55. The van der Waals surface area contributed by atoms with Gasteiger partial charge in [-0.2, -0.15) is 0 Å². The average Bonchev–Trinajstić information content (AvgIpc) is 3.09. The normalized spacial score (nSPS) is 64.4. The molecule has 0 amide bonds. The quantitative estimate of drug-likeness (QED) is 0.646. The van der Waals surface area contributed by atoms with Crippen molar-refractivity contribution < 1.29 is 10.2 Å². The van der Waals surface area contributed by atoms with E-state index in [2.05, 4.69) is 27.7 Å². The van der Waals surface area contributed by atoms with E-state index in [1.165, 1.54) is 32.1 Å². The van der Waals surface area contributed by atoms with E-state index in [9.17, 15) is 10.2 Å². The molecule has 2 heteroatoms. The van der Waals surface area contributed by atoms with Gasteiger partial charge in [0.1, 0.15) is 0 Å². The largest absolute Gasteiger partial charge is 0.393 e. The standard InChI is InChI=1S/C24H40O2/c1-13-9-15(3)24-18(13)5-6-19(24)22-14(2)10-16-11-17(25)7-8-23(16,4)20(22)12-21(24)26/h13-22,25-26H,5-12H2,1-4H3. The Morgan fingerprint density at radius 1 is 0.769 bits per heavy atom. The molecule has 26 heavy (non-hydrogen) atoms. The van der Waals surface area contributed by atoms with E-state index in [-0.39, 0.29) is 17.6 Å². The average molecular weight is 361 g/mol. The second-order valence-corrected chi connectivity index (χ2v) is 11.7. The topological polar surface area (TPSA) is 40.5 Å². The summed E-state index contributed by atoms with van der Waals surface area (Å²) < 4.78 is 0. The monoisotopic (exact) mass is 360 g/mol. The Morgan fingerprint density at radius 2 is 1.50 bits per heavy atom. The molecule has 0 heterocycles. The van der Waals surface area contributed by atoms with Crippen LogP contribution in [0, 0.1) is 58.2 Å². The molecule has 0 saturated heterocycles. The highest BCUT2D eigenvalue weighted by molar-refractivity contribution is 5.18. The van der Waals surface area contributed by atoms with Gasteiger partial charge in [0.2, 0.25) is 0 Å². The van der Waals surface area contributed by atoms with Gasteiger partial charge in [0.05, 0.1) is 12.2 Å². The van der Waals surface area contributed by atoms with E-state index < -0.39 is 0 Å². The lowest BCUT2D eigenvalue weighted by molar-refractivity contribution is -0.198. The lowest BCUT2D eigenvalue weighted by atomic mass is 9.41. The molecule has 5 rings (SSSR count). The first-order valence-corrected chi connectivity index (χ1v) is 11.7. The summed E-state index contributed by atoms with van der Waals surface area (Å²) in [6.45, 7) is 9.97. The molecule has 2 nitrogen and oxygen atoms in total. The molecule has 2 N–H and O–H groups in total. The highest BCUT2D eigenvalue weighted by Gasteiger charge is 2.70. The van der Waals surface area contributed by atoms with Crippen LogP contribution in [0.3, 0.4) is 0 Å². The molecular formula is C24H40O2. The van der Waals surface area contributed by atoms with Gasteiger partial charge in [-0.1, -0.05) is 27.7 Å². The first kappa shape index (κ1) is 18.0. The minimum atomic E-state index is -0.0872. The Kier molecular flexibility index (Phi) is 3.96. The van der Waals surface area contributed by atoms with E-state index >= 15 is 0 Å². The van der Waals surface area contributed by atoms with Crippen molar-refractivity contribution in [2.75, 3.05) is 0 Å². The van der Waals surface area contributed by atoms with Gasteiger partial charge in [-0.25, -0.2) is 0 Å². The van der Waals surface area contributed by atoms with Crippen LogP contribution in [0.25, 0.3) is 0 Å². The number of hydrogen-bond acceptors (Lipinski definition) is 2. The number of rotatable bonds is 0. The van der Waals surface area contributed by atoms with Gasteiger partial charge in [0, 0.05) is 5.41 Å². The Labute approximate surface area is 160 Å². The third kappa shape index (κ3) is 2.02. The predicted octanol–water partition coefficient (Wildman–Crippen LogP) is 4.88. The maximum atomic E-state index is 11.7. The zero-order chi connectivity index (χ0) is 18.4. The molecule has 1 spiro atoms. The van der Waals surface area contributed by atoms with E-state index in [4.69, 9.17) is 0 Å². The second-order valence-electron chi connectivity index (χ2n) is 11.7. The zero-order valence-corrected chi connectivity index (χ0v) is 17.3. The third-order valence-corrected chi connectivity index (χ3v) is 11.0. The van der Waals surface area contributed by atoms with Crippen molar-refractivity contribution in [3.63, 3.8) is 0 Å². The van der Waals surface area contributed by atoms with Gasteiger partial charge < -0.3 is 10.2 Å². The summed E-state index contributed by atoms with van der Waals surface area (Å²) in [7, 11) is 0. The van der Waals surface area contributed by atoms with Crippen LogP contribution in [0.2, 0.25) is 0 Å². The molecule has 0 aromatic rings. The number of aliphatic hydroxyl groups excluding tert-OH is 2. The molecule has 12 unspecified atom stereocenters. The molecule has 5 fully saturated rings. The van der Waals surface area contributed by atoms with Gasteiger partial charge in [0.15, 0.2) is 0 Å². The summed E-state index contributed by atoms with van der Waals surface area (Å²) in [6.07, 6.45) is 9.41. The first-order chi connectivity index (χ1) is 12.3. The molecule has 5 aliphatic rings. The zero-order valence-electron chi connectivity index (χ0n) is 17.3. The highest BCUT2D eigenvalue weighted by atomic mass is 16.3. The summed E-state index contributed by atoms with van der Waals surface area (Å²) in [5, 5.41) is 21.9. The van der Waals surface area contributed by atoms with Gasteiger partial charge in [-0.3, -0.25) is 0 Å². The molecule has 12 atom stereocenters. The van der Waals surface area contributed by atoms with E-state index in [0.29, 0.717) is 23.2 Å². The van der Waals surface area contributed by atoms with E-state index in [1.54, 1.807) is 0 Å². The predicted molar refractivity (Wildman–Crippen MR) is 104 cm³/mol. The lowest BCUT2D eigenvalue weighted by Gasteiger charge is -2.64. The minimum absolute atomic E-state index is 0.0803. The van der Waals surface area contributed by atoms with Gasteiger partial charge >= 0.3 is 0 Å².